The van der Waals surface area contributed by atoms with Crippen molar-refractivity contribution in [3.63, 3.8) is 0 Å². The van der Waals surface area contributed by atoms with Crippen molar-refractivity contribution >= 4 is 5.97 Å². The summed E-state index contributed by atoms with van der Waals surface area (Å²) in [6.07, 6.45) is 4.43. The molecule has 0 amide bonds. The van der Waals surface area contributed by atoms with E-state index >= 15 is 0 Å². The summed E-state index contributed by atoms with van der Waals surface area (Å²) in [4.78, 5) is 13.5. The fourth-order valence-electron chi connectivity index (χ4n) is 3.35. The second-order valence-corrected chi connectivity index (χ2v) is 6.44. The summed E-state index contributed by atoms with van der Waals surface area (Å²) in [6, 6.07) is -0.328. The molecule has 0 saturated carbocycles. The normalized spacial score (nSPS) is 36.7. The highest BCUT2D eigenvalue weighted by atomic mass is 16.5. The van der Waals surface area contributed by atoms with E-state index in [-0.39, 0.29) is 23.7 Å². The van der Waals surface area contributed by atoms with Crippen LogP contribution in [0.2, 0.25) is 0 Å². The Morgan fingerprint density at radius 2 is 2.17 bits per heavy atom. The standard InChI is InChI=1S/C14H25NO3/c1-10-5-4-8-15(12(10)13(16)17)9-11-6-7-14(2,3)18-11/h10-12H,4-9H2,1-3H3,(H,16,17). The maximum absolute atomic E-state index is 11.4. The number of ether oxygens (including phenoxy) is 1. The van der Waals surface area contributed by atoms with Gasteiger partial charge in [-0.2, -0.15) is 0 Å². The van der Waals surface area contributed by atoms with E-state index in [2.05, 4.69) is 18.7 Å². The van der Waals surface area contributed by atoms with Crippen molar-refractivity contribution in [3.8, 4) is 0 Å². The average Bonchev–Trinajstić information content (AvgIpc) is 2.57. The van der Waals surface area contributed by atoms with Gasteiger partial charge in [-0.05, 0) is 52.0 Å². The Kier molecular flexibility index (Phi) is 3.97. The summed E-state index contributed by atoms with van der Waals surface area (Å²) in [5.74, 6) is -0.440. The van der Waals surface area contributed by atoms with Crippen molar-refractivity contribution in [3.05, 3.63) is 0 Å². The molecule has 3 atom stereocenters. The molecule has 0 aromatic rings. The van der Waals surface area contributed by atoms with E-state index in [1.165, 1.54) is 0 Å². The zero-order valence-electron chi connectivity index (χ0n) is 11.7. The van der Waals surface area contributed by atoms with Gasteiger partial charge in [-0.1, -0.05) is 6.92 Å². The van der Waals surface area contributed by atoms with Crippen LogP contribution in [-0.4, -0.2) is 46.8 Å². The Bertz CT molecular complexity index is 316. The Balaban J connectivity index is 1.96. The molecule has 2 fully saturated rings. The van der Waals surface area contributed by atoms with Gasteiger partial charge in [0.2, 0.25) is 0 Å². The van der Waals surface area contributed by atoms with E-state index < -0.39 is 5.97 Å². The molecule has 2 saturated heterocycles. The number of rotatable bonds is 3. The Labute approximate surface area is 109 Å². The van der Waals surface area contributed by atoms with Crippen LogP contribution in [0, 0.1) is 5.92 Å². The SMILES string of the molecule is CC1CCCN(CC2CCC(C)(C)O2)C1C(=O)O. The van der Waals surface area contributed by atoms with Crippen LogP contribution < -0.4 is 0 Å². The lowest BCUT2D eigenvalue weighted by atomic mass is 9.90. The van der Waals surface area contributed by atoms with Crippen LogP contribution in [0.4, 0.5) is 0 Å². The lowest BCUT2D eigenvalue weighted by Crippen LogP contribution is -2.51. The Hall–Kier alpha value is -0.610. The highest BCUT2D eigenvalue weighted by molar-refractivity contribution is 5.74. The van der Waals surface area contributed by atoms with Crippen molar-refractivity contribution in [2.75, 3.05) is 13.1 Å². The quantitative estimate of drug-likeness (QED) is 0.839. The highest BCUT2D eigenvalue weighted by Gasteiger charge is 2.38. The van der Waals surface area contributed by atoms with Crippen molar-refractivity contribution in [2.24, 2.45) is 5.92 Å². The molecule has 4 nitrogen and oxygen atoms in total. The van der Waals surface area contributed by atoms with Gasteiger partial charge in [0.05, 0.1) is 11.7 Å². The van der Waals surface area contributed by atoms with Gasteiger partial charge in [-0.25, -0.2) is 0 Å². The summed E-state index contributed by atoms with van der Waals surface area (Å²) >= 11 is 0. The van der Waals surface area contributed by atoms with Crippen LogP contribution in [0.3, 0.4) is 0 Å². The largest absolute Gasteiger partial charge is 0.480 e. The van der Waals surface area contributed by atoms with E-state index in [9.17, 15) is 9.90 Å². The average molecular weight is 255 g/mol. The summed E-state index contributed by atoms with van der Waals surface area (Å²) in [6.45, 7) is 7.93. The molecule has 104 valence electrons. The van der Waals surface area contributed by atoms with Gasteiger partial charge in [-0.3, -0.25) is 9.69 Å². The number of carboxylic acid groups (broad SMARTS) is 1. The molecule has 0 bridgehead atoms. The molecule has 0 aromatic heterocycles. The summed E-state index contributed by atoms with van der Waals surface area (Å²) < 4.78 is 5.98. The Morgan fingerprint density at radius 1 is 1.44 bits per heavy atom. The van der Waals surface area contributed by atoms with Gasteiger partial charge in [0.1, 0.15) is 6.04 Å². The van der Waals surface area contributed by atoms with Crippen LogP contribution in [0.25, 0.3) is 0 Å². The summed E-state index contributed by atoms with van der Waals surface area (Å²) in [7, 11) is 0. The van der Waals surface area contributed by atoms with Crippen molar-refractivity contribution < 1.29 is 14.6 Å². The predicted molar refractivity (Wildman–Crippen MR) is 69.6 cm³/mol. The van der Waals surface area contributed by atoms with Gasteiger partial charge in [0.15, 0.2) is 0 Å². The highest BCUT2D eigenvalue weighted by Crippen LogP contribution is 2.31. The minimum Gasteiger partial charge on any atom is -0.480 e. The smallest absolute Gasteiger partial charge is 0.321 e. The van der Waals surface area contributed by atoms with E-state index in [0.717, 1.165) is 38.8 Å². The molecule has 0 spiro atoms. The zero-order chi connectivity index (χ0) is 13.3. The third kappa shape index (κ3) is 3.04. The van der Waals surface area contributed by atoms with Crippen LogP contribution in [0.15, 0.2) is 0 Å². The first-order chi connectivity index (χ1) is 8.39. The summed E-state index contributed by atoms with van der Waals surface area (Å²) in [5, 5.41) is 9.37. The molecule has 2 aliphatic heterocycles. The van der Waals surface area contributed by atoms with Gasteiger partial charge in [0.25, 0.3) is 0 Å². The monoisotopic (exact) mass is 255 g/mol. The molecule has 4 heteroatoms. The van der Waals surface area contributed by atoms with Crippen LogP contribution >= 0.6 is 0 Å². The number of hydrogen-bond donors (Lipinski definition) is 1. The lowest BCUT2D eigenvalue weighted by Gasteiger charge is -2.38. The van der Waals surface area contributed by atoms with Crippen molar-refractivity contribution in [1.29, 1.82) is 0 Å². The topological polar surface area (TPSA) is 49.8 Å². The molecule has 0 aromatic carbocycles. The second-order valence-electron chi connectivity index (χ2n) is 6.44. The van der Waals surface area contributed by atoms with E-state index in [4.69, 9.17) is 4.74 Å². The fraction of sp³-hybridized carbons (Fsp3) is 0.929. The number of nitrogens with zero attached hydrogens (tertiary/aromatic N) is 1. The van der Waals surface area contributed by atoms with Gasteiger partial charge in [0, 0.05) is 6.54 Å². The molecule has 3 unspecified atom stereocenters. The second kappa shape index (κ2) is 5.17. The van der Waals surface area contributed by atoms with Gasteiger partial charge in [-0.15, -0.1) is 0 Å². The molecule has 1 N–H and O–H groups in total. The molecule has 0 radical (unpaired) electrons. The molecular formula is C14H25NO3. The number of piperidine rings is 1. The molecule has 2 rings (SSSR count). The van der Waals surface area contributed by atoms with Crippen LogP contribution in [0.5, 0.6) is 0 Å². The maximum atomic E-state index is 11.4. The number of carboxylic acids is 1. The number of likely N-dealkylation sites (tertiary alicyclic amines) is 1. The fourth-order valence-corrected chi connectivity index (χ4v) is 3.35. The summed E-state index contributed by atoms with van der Waals surface area (Å²) in [5.41, 5.74) is -0.0369. The van der Waals surface area contributed by atoms with E-state index in [1.807, 2.05) is 6.92 Å². The first-order valence-corrected chi connectivity index (χ1v) is 7.04. The molecule has 18 heavy (non-hydrogen) atoms. The number of hydrogen-bond acceptors (Lipinski definition) is 3. The van der Waals surface area contributed by atoms with Crippen LogP contribution in [0.1, 0.15) is 46.5 Å². The minimum absolute atomic E-state index is 0.0369. The zero-order valence-corrected chi connectivity index (χ0v) is 11.7. The molecule has 2 aliphatic rings. The molecule has 2 heterocycles. The van der Waals surface area contributed by atoms with Gasteiger partial charge >= 0.3 is 5.97 Å². The van der Waals surface area contributed by atoms with Crippen LogP contribution in [-0.2, 0) is 9.53 Å². The third-order valence-electron chi connectivity index (χ3n) is 4.28. The first kappa shape index (κ1) is 13.8. The number of carbonyl (C=O) groups is 1. The maximum Gasteiger partial charge on any atom is 0.321 e. The van der Waals surface area contributed by atoms with Crippen molar-refractivity contribution in [1.82, 2.24) is 4.90 Å². The van der Waals surface area contributed by atoms with E-state index in [1.54, 1.807) is 0 Å². The van der Waals surface area contributed by atoms with Crippen molar-refractivity contribution in [2.45, 2.75) is 64.2 Å². The predicted octanol–water partition coefficient (Wildman–Crippen LogP) is 2.13. The Morgan fingerprint density at radius 3 is 2.72 bits per heavy atom. The number of aliphatic carboxylic acids is 1. The molecular weight excluding hydrogens is 230 g/mol. The van der Waals surface area contributed by atoms with Gasteiger partial charge < -0.3 is 9.84 Å². The third-order valence-corrected chi connectivity index (χ3v) is 4.28. The minimum atomic E-state index is -0.681. The van der Waals surface area contributed by atoms with E-state index in [0.29, 0.717) is 0 Å². The first-order valence-electron chi connectivity index (χ1n) is 7.04. The lowest BCUT2D eigenvalue weighted by molar-refractivity contribution is -0.148. The molecule has 0 aliphatic carbocycles.